The lowest BCUT2D eigenvalue weighted by Gasteiger charge is -2.20. The van der Waals surface area contributed by atoms with Crippen molar-refractivity contribution in [3.8, 4) is 5.75 Å². The summed E-state index contributed by atoms with van der Waals surface area (Å²) in [7, 11) is 0. The van der Waals surface area contributed by atoms with Crippen molar-refractivity contribution in [2.45, 2.75) is 45.1 Å². The zero-order valence-corrected chi connectivity index (χ0v) is 11.2. The third-order valence-corrected chi connectivity index (χ3v) is 3.66. The average Bonchev–Trinajstić information content (AvgIpc) is 2.58. The van der Waals surface area contributed by atoms with Crippen LogP contribution >= 0.6 is 0 Å². The van der Waals surface area contributed by atoms with Gasteiger partial charge in [0.2, 0.25) is 5.91 Å². The molecule has 2 unspecified atom stereocenters. The molecule has 19 heavy (non-hydrogen) atoms. The predicted octanol–water partition coefficient (Wildman–Crippen LogP) is 1.94. The molecule has 1 amide bonds. The summed E-state index contributed by atoms with van der Waals surface area (Å²) < 4.78 is 0. The van der Waals surface area contributed by atoms with Crippen LogP contribution in [0.5, 0.6) is 5.75 Å². The summed E-state index contributed by atoms with van der Waals surface area (Å²) in [6.07, 6.45) is 4.92. The Hall–Kier alpha value is -1.62. The van der Waals surface area contributed by atoms with Gasteiger partial charge in [0.1, 0.15) is 0 Å². The van der Waals surface area contributed by atoms with Crippen LogP contribution in [-0.4, -0.2) is 22.0 Å². The Balaban J connectivity index is 2.09. The van der Waals surface area contributed by atoms with Gasteiger partial charge in [-0.3, -0.25) is 4.79 Å². The number of nitrogens with one attached hydrogen (secondary N) is 1. The smallest absolute Gasteiger partial charge is 0.230 e. The predicted molar refractivity (Wildman–Crippen MR) is 73.8 cm³/mol. The van der Waals surface area contributed by atoms with Crippen LogP contribution in [0.4, 0.5) is 5.82 Å². The van der Waals surface area contributed by atoms with Crippen molar-refractivity contribution in [3.63, 3.8) is 0 Å². The van der Waals surface area contributed by atoms with Crippen LogP contribution in [-0.2, 0) is 4.79 Å². The van der Waals surface area contributed by atoms with Crippen LogP contribution in [0.2, 0.25) is 0 Å². The summed E-state index contributed by atoms with van der Waals surface area (Å²) in [5, 5.41) is 12.4. The highest BCUT2D eigenvalue weighted by Gasteiger charge is 2.27. The minimum absolute atomic E-state index is 0.0128. The van der Waals surface area contributed by atoms with Crippen molar-refractivity contribution in [1.29, 1.82) is 0 Å². The van der Waals surface area contributed by atoms with Crippen LogP contribution in [0.3, 0.4) is 0 Å². The number of aromatic hydroxyl groups is 1. The molecule has 104 valence electrons. The zero-order chi connectivity index (χ0) is 13.8. The molecule has 1 aliphatic rings. The van der Waals surface area contributed by atoms with Gasteiger partial charge in [-0.1, -0.05) is 19.3 Å². The minimum Gasteiger partial charge on any atom is -0.504 e. The number of carbonyl (C=O) groups is 1. The van der Waals surface area contributed by atoms with E-state index in [2.05, 4.69) is 10.3 Å². The van der Waals surface area contributed by atoms with Gasteiger partial charge in [0.25, 0.3) is 0 Å². The first-order chi connectivity index (χ1) is 9.08. The van der Waals surface area contributed by atoms with Gasteiger partial charge in [0, 0.05) is 11.7 Å². The lowest BCUT2D eigenvalue weighted by molar-refractivity contribution is -0.120. The minimum atomic E-state index is -0.191. The van der Waals surface area contributed by atoms with Crippen molar-refractivity contribution in [2.24, 2.45) is 11.7 Å². The molecular weight excluding hydrogens is 242 g/mol. The molecule has 0 aliphatic heterocycles. The van der Waals surface area contributed by atoms with Crippen molar-refractivity contribution < 1.29 is 9.90 Å². The summed E-state index contributed by atoms with van der Waals surface area (Å²) in [4.78, 5) is 16.4. The second kappa shape index (κ2) is 6.02. The maximum absolute atomic E-state index is 12.3. The van der Waals surface area contributed by atoms with Crippen molar-refractivity contribution in [1.82, 2.24) is 4.98 Å². The van der Waals surface area contributed by atoms with Gasteiger partial charge in [-0.15, -0.1) is 0 Å². The van der Waals surface area contributed by atoms with Gasteiger partial charge in [0.15, 0.2) is 11.6 Å². The summed E-state index contributed by atoms with van der Waals surface area (Å²) in [5.41, 5.74) is 6.81. The molecular formula is C14H21N3O2. The van der Waals surface area contributed by atoms with E-state index in [0.29, 0.717) is 0 Å². The maximum Gasteiger partial charge on any atom is 0.230 e. The molecule has 2 rings (SSSR count). The highest BCUT2D eigenvalue weighted by molar-refractivity contribution is 5.93. The molecule has 0 bridgehead atoms. The fourth-order valence-corrected chi connectivity index (χ4v) is 2.51. The second-order valence-corrected chi connectivity index (χ2v) is 5.22. The standard InChI is InChI=1S/C14H21N3O2/c1-9-7-8-12(18)13(16-9)17-14(19)10-5-3-2-4-6-11(10)15/h7-8,10-11,18H,2-6,15H2,1H3,(H,16,17,19). The SMILES string of the molecule is Cc1ccc(O)c(NC(=O)C2CCCCCC2N)n1. The number of nitrogens with zero attached hydrogens (tertiary/aromatic N) is 1. The monoisotopic (exact) mass is 263 g/mol. The molecule has 1 heterocycles. The van der Waals surface area contributed by atoms with E-state index in [9.17, 15) is 9.90 Å². The van der Waals surface area contributed by atoms with E-state index in [4.69, 9.17) is 5.73 Å². The lowest BCUT2D eigenvalue weighted by atomic mass is 9.94. The van der Waals surface area contributed by atoms with Crippen LogP contribution in [0.25, 0.3) is 0 Å². The van der Waals surface area contributed by atoms with Crippen molar-refractivity contribution in [3.05, 3.63) is 17.8 Å². The number of hydrogen-bond donors (Lipinski definition) is 3. The first kappa shape index (κ1) is 13.8. The summed E-state index contributed by atoms with van der Waals surface area (Å²) in [6.45, 7) is 1.81. The Labute approximate surface area is 113 Å². The molecule has 1 aromatic heterocycles. The van der Waals surface area contributed by atoms with E-state index < -0.39 is 0 Å². The molecule has 0 aromatic carbocycles. The van der Waals surface area contributed by atoms with Gasteiger partial charge in [-0.25, -0.2) is 4.98 Å². The normalized spacial score (nSPS) is 23.7. The van der Waals surface area contributed by atoms with E-state index in [1.54, 1.807) is 6.07 Å². The highest BCUT2D eigenvalue weighted by atomic mass is 16.3. The highest BCUT2D eigenvalue weighted by Crippen LogP contribution is 2.25. The third kappa shape index (κ3) is 3.44. The van der Waals surface area contributed by atoms with Crippen LogP contribution < -0.4 is 11.1 Å². The summed E-state index contributed by atoms with van der Waals surface area (Å²) >= 11 is 0. The molecule has 1 saturated carbocycles. The molecule has 5 nitrogen and oxygen atoms in total. The van der Waals surface area contributed by atoms with Crippen LogP contribution in [0.15, 0.2) is 12.1 Å². The van der Waals surface area contributed by atoms with Crippen LogP contribution in [0.1, 0.15) is 37.8 Å². The van der Waals surface area contributed by atoms with E-state index in [-0.39, 0.29) is 29.4 Å². The number of aromatic nitrogens is 1. The number of amides is 1. The van der Waals surface area contributed by atoms with Gasteiger partial charge < -0.3 is 16.2 Å². The van der Waals surface area contributed by atoms with Gasteiger partial charge in [-0.05, 0) is 31.9 Å². The lowest BCUT2D eigenvalue weighted by Crippen LogP contribution is -2.38. The fraction of sp³-hybridized carbons (Fsp3) is 0.571. The van der Waals surface area contributed by atoms with Crippen molar-refractivity contribution >= 4 is 11.7 Å². The van der Waals surface area contributed by atoms with E-state index in [0.717, 1.165) is 37.8 Å². The van der Waals surface area contributed by atoms with E-state index >= 15 is 0 Å². The number of rotatable bonds is 2. The molecule has 5 heteroatoms. The van der Waals surface area contributed by atoms with Gasteiger partial charge in [0.05, 0.1) is 5.92 Å². The Morgan fingerprint density at radius 1 is 1.37 bits per heavy atom. The average molecular weight is 263 g/mol. The van der Waals surface area contributed by atoms with E-state index in [1.807, 2.05) is 6.92 Å². The largest absolute Gasteiger partial charge is 0.504 e. The number of nitrogens with two attached hydrogens (primary N) is 1. The van der Waals surface area contributed by atoms with Crippen molar-refractivity contribution in [2.75, 3.05) is 5.32 Å². The quantitative estimate of drug-likeness (QED) is 0.711. The molecule has 0 radical (unpaired) electrons. The first-order valence-electron chi connectivity index (χ1n) is 6.81. The van der Waals surface area contributed by atoms with E-state index in [1.165, 1.54) is 6.07 Å². The zero-order valence-electron chi connectivity index (χ0n) is 11.2. The number of hydrogen-bond acceptors (Lipinski definition) is 4. The summed E-state index contributed by atoms with van der Waals surface area (Å²) in [5.74, 6) is -0.116. The number of carbonyl (C=O) groups excluding carboxylic acids is 1. The Bertz CT molecular complexity index is 462. The molecule has 1 fully saturated rings. The molecule has 1 aromatic rings. The summed E-state index contributed by atoms with van der Waals surface area (Å²) in [6, 6.07) is 3.13. The number of aryl methyl sites for hydroxylation is 1. The topological polar surface area (TPSA) is 88.2 Å². The Morgan fingerprint density at radius 2 is 2.11 bits per heavy atom. The molecule has 2 atom stereocenters. The molecule has 0 saturated heterocycles. The Kier molecular flexibility index (Phi) is 4.37. The number of pyridine rings is 1. The molecule has 4 N–H and O–H groups in total. The van der Waals surface area contributed by atoms with Crippen LogP contribution in [0, 0.1) is 12.8 Å². The number of anilines is 1. The Morgan fingerprint density at radius 3 is 2.89 bits per heavy atom. The third-order valence-electron chi connectivity index (χ3n) is 3.66. The van der Waals surface area contributed by atoms with Gasteiger partial charge >= 0.3 is 0 Å². The molecule has 1 aliphatic carbocycles. The first-order valence-corrected chi connectivity index (χ1v) is 6.81. The second-order valence-electron chi connectivity index (χ2n) is 5.22. The molecule has 0 spiro atoms. The van der Waals surface area contributed by atoms with Gasteiger partial charge in [-0.2, -0.15) is 0 Å². The fourth-order valence-electron chi connectivity index (χ4n) is 2.51. The maximum atomic E-state index is 12.3.